The molecule has 0 spiro atoms. The van der Waals surface area contributed by atoms with Crippen LogP contribution in [0.15, 0.2) is 0 Å². The summed E-state index contributed by atoms with van der Waals surface area (Å²) in [6, 6.07) is 0. The highest BCUT2D eigenvalue weighted by atomic mass is 16.5. The van der Waals surface area contributed by atoms with Crippen LogP contribution in [0.1, 0.15) is 46.0 Å². The first kappa shape index (κ1) is 11.5. The van der Waals surface area contributed by atoms with Gasteiger partial charge in [-0.25, -0.2) is 0 Å². The average Bonchev–Trinajstić information content (AvgIpc) is 1.99. The zero-order valence-corrected chi connectivity index (χ0v) is 9.30. The summed E-state index contributed by atoms with van der Waals surface area (Å²) < 4.78 is 5.36. The molecule has 0 aromatic carbocycles. The molecule has 3 nitrogen and oxygen atoms in total. The third kappa shape index (κ3) is 2.71. The highest BCUT2D eigenvalue weighted by molar-refractivity contribution is 5.67. The summed E-state index contributed by atoms with van der Waals surface area (Å²) in [5.41, 5.74) is -0.193. The number of hydrogen-bond donors (Lipinski definition) is 1. The Morgan fingerprint density at radius 1 is 1.50 bits per heavy atom. The van der Waals surface area contributed by atoms with Crippen molar-refractivity contribution in [3.8, 4) is 0 Å². The minimum Gasteiger partial charge on any atom is -0.481 e. The van der Waals surface area contributed by atoms with E-state index in [-0.39, 0.29) is 11.0 Å². The standard InChI is InChI=1S/C11H20O3/c1-10(2,14-3)8-11(5-4-6-11)7-9(12)13/h4-8H2,1-3H3,(H,12,13). The molecule has 1 rings (SSSR count). The van der Waals surface area contributed by atoms with Crippen LogP contribution < -0.4 is 0 Å². The van der Waals surface area contributed by atoms with E-state index in [4.69, 9.17) is 9.84 Å². The molecule has 14 heavy (non-hydrogen) atoms. The van der Waals surface area contributed by atoms with E-state index in [2.05, 4.69) is 0 Å². The molecule has 82 valence electrons. The van der Waals surface area contributed by atoms with E-state index in [9.17, 15) is 4.79 Å². The summed E-state index contributed by atoms with van der Waals surface area (Å²) in [6.45, 7) is 4.05. The van der Waals surface area contributed by atoms with Gasteiger partial charge in [0.1, 0.15) is 0 Å². The second-order valence-corrected chi connectivity index (χ2v) is 5.06. The largest absolute Gasteiger partial charge is 0.481 e. The first-order valence-corrected chi connectivity index (χ1v) is 5.16. The van der Waals surface area contributed by atoms with E-state index >= 15 is 0 Å². The fraction of sp³-hybridized carbons (Fsp3) is 0.909. The van der Waals surface area contributed by atoms with Crippen molar-refractivity contribution in [3.05, 3.63) is 0 Å². The molecule has 0 saturated heterocycles. The molecule has 0 bridgehead atoms. The van der Waals surface area contributed by atoms with Crippen LogP contribution >= 0.6 is 0 Å². The summed E-state index contributed by atoms with van der Waals surface area (Å²) in [6.07, 6.45) is 4.37. The number of ether oxygens (including phenoxy) is 1. The zero-order chi connectivity index (χ0) is 10.8. The van der Waals surface area contributed by atoms with Crippen LogP contribution in [-0.2, 0) is 9.53 Å². The number of carboxylic acids is 1. The quantitative estimate of drug-likeness (QED) is 0.741. The van der Waals surface area contributed by atoms with Crippen molar-refractivity contribution in [1.29, 1.82) is 0 Å². The minimum absolute atomic E-state index is 0.00530. The molecule has 0 atom stereocenters. The maximum atomic E-state index is 10.7. The molecule has 0 radical (unpaired) electrons. The summed E-state index contributed by atoms with van der Waals surface area (Å²) >= 11 is 0. The van der Waals surface area contributed by atoms with Crippen molar-refractivity contribution >= 4 is 5.97 Å². The lowest BCUT2D eigenvalue weighted by atomic mass is 9.62. The molecule has 1 aliphatic rings. The Labute approximate surface area is 85.5 Å². The normalized spacial score (nSPS) is 20.2. The zero-order valence-electron chi connectivity index (χ0n) is 9.30. The molecule has 1 saturated carbocycles. The second kappa shape index (κ2) is 3.89. The van der Waals surface area contributed by atoms with E-state index in [0.717, 1.165) is 25.7 Å². The van der Waals surface area contributed by atoms with Crippen molar-refractivity contribution in [2.24, 2.45) is 5.41 Å². The van der Waals surface area contributed by atoms with Gasteiger partial charge in [-0.2, -0.15) is 0 Å². The molecule has 0 unspecified atom stereocenters. The van der Waals surface area contributed by atoms with Crippen molar-refractivity contribution in [1.82, 2.24) is 0 Å². The summed E-state index contributed by atoms with van der Waals surface area (Å²) in [5, 5.41) is 8.84. The maximum Gasteiger partial charge on any atom is 0.303 e. The van der Waals surface area contributed by atoms with E-state index in [1.165, 1.54) is 0 Å². The summed E-state index contributed by atoms with van der Waals surface area (Å²) in [5.74, 6) is -0.684. The Hall–Kier alpha value is -0.570. The predicted molar refractivity (Wildman–Crippen MR) is 54.2 cm³/mol. The van der Waals surface area contributed by atoms with Gasteiger partial charge in [0.05, 0.1) is 12.0 Å². The lowest BCUT2D eigenvalue weighted by Gasteiger charge is -2.45. The van der Waals surface area contributed by atoms with Gasteiger partial charge in [0.15, 0.2) is 0 Å². The van der Waals surface area contributed by atoms with Gasteiger partial charge in [-0.1, -0.05) is 6.42 Å². The van der Waals surface area contributed by atoms with Gasteiger partial charge in [0.2, 0.25) is 0 Å². The third-order valence-corrected chi connectivity index (χ3v) is 3.29. The Morgan fingerprint density at radius 2 is 2.07 bits per heavy atom. The number of hydrogen-bond acceptors (Lipinski definition) is 2. The highest BCUT2D eigenvalue weighted by Gasteiger charge is 2.42. The number of methoxy groups -OCH3 is 1. The van der Waals surface area contributed by atoms with Crippen LogP contribution in [0.25, 0.3) is 0 Å². The fourth-order valence-electron chi connectivity index (χ4n) is 2.39. The number of aliphatic carboxylic acids is 1. The van der Waals surface area contributed by atoms with Crippen molar-refractivity contribution < 1.29 is 14.6 Å². The molecule has 0 aliphatic heterocycles. The molecular formula is C11H20O3. The molecule has 0 heterocycles. The van der Waals surface area contributed by atoms with E-state index in [1.807, 2.05) is 13.8 Å². The predicted octanol–water partition coefficient (Wildman–Crippen LogP) is 2.45. The van der Waals surface area contributed by atoms with Gasteiger partial charge < -0.3 is 9.84 Å². The molecular weight excluding hydrogens is 180 g/mol. The first-order chi connectivity index (χ1) is 6.39. The molecule has 0 aromatic rings. The first-order valence-electron chi connectivity index (χ1n) is 5.16. The topological polar surface area (TPSA) is 46.5 Å². The van der Waals surface area contributed by atoms with Crippen LogP contribution in [0.4, 0.5) is 0 Å². The molecule has 1 N–H and O–H groups in total. The second-order valence-electron chi connectivity index (χ2n) is 5.06. The molecule has 1 fully saturated rings. The molecule has 0 amide bonds. The van der Waals surface area contributed by atoms with Crippen LogP contribution in [-0.4, -0.2) is 23.8 Å². The maximum absolute atomic E-state index is 10.7. The number of carbonyl (C=O) groups is 1. The Morgan fingerprint density at radius 3 is 2.36 bits per heavy atom. The van der Waals surface area contributed by atoms with Crippen LogP contribution in [0.5, 0.6) is 0 Å². The van der Waals surface area contributed by atoms with Crippen LogP contribution in [0.3, 0.4) is 0 Å². The Bertz CT molecular complexity index is 217. The average molecular weight is 200 g/mol. The van der Waals surface area contributed by atoms with Crippen molar-refractivity contribution in [2.75, 3.05) is 7.11 Å². The molecule has 3 heteroatoms. The molecule has 0 aromatic heterocycles. The van der Waals surface area contributed by atoms with Gasteiger partial charge in [0, 0.05) is 7.11 Å². The van der Waals surface area contributed by atoms with Crippen LogP contribution in [0.2, 0.25) is 0 Å². The van der Waals surface area contributed by atoms with Crippen molar-refractivity contribution in [3.63, 3.8) is 0 Å². The van der Waals surface area contributed by atoms with Gasteiger partial charge in [-0.3, -0.25) is 4.79 Å². The smallest absolute Gasteiger partial charge is 0.303 e. The lowest BCUT2D eigenvalue weighted by Crippen LogP contribution is -2.40. The van der Waals surface area contributed by atoms with E-state index in [1.54, 1.807) is 7.11 Å². The van der Waals surface area contributed by atoms with Gasteiger partial charge in [-0.05, 0) is 38.5 Å². The fourth-order valence-corrected chi connectivity index (χ4v) is 2.39. The van der Waals surface area contributed by atoms with Gasteiger partial charge in [0.25, 0.3) is 0 Å². The summed E-state index contributed by atoms with van der Waals surface area (Å²) in [7, 11) is 1.69. The number of carboxylic acid groups (broad SMARTS) is 1. The number of rotatable bonds is 5. The lowest BCUT2D eigenvalue weighted by molar-refractivity contribution is -0.143. The highest BCUT2D eigenvalue weighted by Crippen LogP contribution is 2.49. The third-order valence-electron chi connectivity index (χ3n) is 3.29. The van der Waals surface area contributed by atoms with Crippen LogP contribution in [0, 0.1) is 5.41 Å². The SMILES string of the molecule is COC(C)(C)CC1(CC(=O)O)CCC1. The Kier molecular flexibility index (Phi) is 3.20. The van der Waals surface area contributed by atoms with Gasteiger partial charge >= 0.3 is 5.97 Å². The Balaban J connectivity index is 2.57. The summed E-state index contributed by atoms with van der Waals surface area (Å²) in [4.78, 5) is 10.7. The van der Waals surface area contributed by atoms with E-state index < -0.39 is 5.97 Å². The minimum atomic E-state index is -0.684. The van der Waals surface area contributed by atoms with Gasteiger partial charge in [-0.15, -0.1) is 0 Å². The van der Waals surface area contributed by atoms with E-state index in [0.29, 0.717) is 6.42 Å². The molecule has 1 aliphatic carbocycles. The van der Waals surface area contributed by atoms with Crippen molar-refractivity contribution in [2.45, 2.75) is 51.6 Å². The monoisotopic (exact) mass is 200 g/mol.